The second-order valence-corrected chi connectivity index (χ2v) is 7.16. The maximum atomic E-state index is 11.7. The van der Waals surface area contributed by atoms with Crippen molar-refractivity contribution in [3.63, 3.8) is 0 Å². The number of ether oxygens (including phenoxy) is 2. The Labute approximate surface area is 156 Å². The van der Waals surface area contributed by atoms with Gasteiger partial charge in [0, 0.05) is 25.3 Å². The van der Waals surface area contributed by atoms with Crippen molar-refractivity contribution >= 4 is 11.9 Å². The van der Waals surface area contributed by atoms with Crippen LogP contribution in [0.1, 0.15) is 83.3 Å². The molecule has 0 spiro atoms. The second kappa shape index (κ2) is 9.56. The summed E-state index contributed by atoms with van der Waals surface area (Å²) >= 11 is 0. The molecule has 1 unspecified atom stereocenters. The normalized spacial score (nSPS) is 16.8. The maximum absolute atomic E-state index is 11.7. The van der Waals surface area contributed by atoms with Gasteiger partial charge in [-0.2, -0.15) is 0 Å². The highest BCUT2D eigenvalue weighted by Gasteiger charge is 2.25. The molecule has 26 heavy (non-hydrogen) atoms. The van der Waals surface area contributed by atoms with E-state index in [4.69, 9.17) is 9.47 Å². The van der Waals surface area contributed by atoms with Crippen molar-refractivity contribution in [1.82, 2.24) is 0 Å². The predicted molar refractivity (Wildman–Crippen MR) is 103 cm³/mol. The van der Waals surface area contributed by atoms with Crippen LogP contribution < -0.4 is 9.47 Å². The summed E-state index contributed by atoms with van der Waals surface area (Å²) in [4.78, 5) is 23.3. The minimum Gasteiger partial charge on any atom is -0.426 e. The van der Waals surface area contributed by atoms with Gasteiger partial charge in [-0.25, -0.2) is 0 Å². The van der Waals surface area contributed by atoms with E-state index < -0.39 is 0 Å². The third-order valence-corrected chi connectivity index (χ3v) is 4.68. The average molecular weight is 358 g/mol. The van der Waals surface area contributed by atoms with Crippen molar-refractivity contribution in [1.29, 1.82) is 0 Å². The molecule has 1 aromatic carbocycles. The van der Waals surface area contributed by atoms with Gasteiger partial charge in [-0.1, -0.05) is 31.4 Å². The molecule has 0 fully saturated rings. The van der Waals surface area contributed by atoms with Crippen LogP contribution in [0.2, 0.25) is 0 Å². The fourth-order valence-corrected chi connectivity index (χ4v) is 3.56. The Kier molecular flexibility index (Phi) is 7.43. The first-order valence-corrected chi connectivity index (χ1v) is 9.61. The number of carbonyl (C=O) groups is 2. The van der Waals surface area contributed by atoms with Gasteiger partial charge in [-0.3, -0.25) is 9.59 Å². The lowest BCUT2D eigenvalue weighted by atomic mass is 9.84. The van der Waals surface area contributed by atoms with Crippen molar-refractivity contribution in [3.8, 4) is 11.5 Å². The molecule has 1 atom stereocenters. The SMILES string of the molecule is CCCCCc1cc(OC(C)=O)c(C2C=C(C)CCC2)c(OC(C)=O)c1. The smallest absolute Gasteiger partial charge is 0.308 e. The van der Waals surface area contributed by atoms with Gasteiger partial charge in [0.2, 0.25) is 0 Å². The summed E-state index contributed by atoms with van der Waals surface area (Å²) in [5, 5.41) is 0. The first-order valence-electron chi connectivity index (χ1n) is 9.61. The van der Waals surface area contributed by atoms with E-state index >= 15 is 0 Å². The molecule has 0 saturated carbocycles. The number of carbonyl (C=O) groups excluding carboxylic acids is 2. The van der Waals surface area contributed by atoms with E-state index in [1.54, 1.807) is 0 Å². The van der Waals surface area contributed by atoms with Gasteiger partial charge in [-0.15, -0.1) is 0 Å². The molecule has 0 amide bonds. The summed E-state index contributed by atoms with van der Waals surface area (Å²) < 4.78 is 11.1. The molecule has 4 heteroatoms. The summed E-state index contributed by atoms with van der Waals surface area (Å²) in [6, 6.07) is 3.88. The number of benzene rings is 1. The van der Waals surface area contributed by atoms with Gasteiger partial charge in [0.1, 0.15) is 11.5 Å². The summed E-state index contributed by atoms with van der Waals surface area (Å²) in [5.74, 6) is 0.430. The van der Waals surface area contributed by atoms with Gasteiger partial charge < -0.3 is 9.47 Å². The summed E-state index contributed by atoms with van der Waals surface area (Å²) in [6.07, 6.45) is 9.51. The standard InChI is InChI=1S/C22H30O4/c1-5-6-7-10-18-13-20(25-16(3)23)22(21(14-18)26-17(4)24)19-11-8-9-15(2)12-19/h12-14,19H,5-11H2,1-4H3. The second-order valence-electron chi connectivity index (χ2n) is 7.16. The van der Waals surface area contributed by atoms with Crippen molar-refractivity contribution in [3.05, 3.63) is 34.9 Å². The molecule has 0 aromatic heterocycles. The molecule has 0 bridgehead atoms. The molecular weight excluding hydrogens is 328 g/mol. The Morgan fingerprint density at radius 2 is 1.69 bits per heavy atom. The predicted octanol–water partition coefficient (Wildman–Crippen LogP) is 5.48. The molecule has 0 saturated heterocycles. The monoisotopic (exact) mass is 358 g/mol. The molecular formula is C22H30O4. The number of allylic oxidation sites excluding steroid dienone is 2. The zero-order valence-corrected chi connectivity index (χ0v) is 16.4. The van der Waals surface area contributed by atoms with E-state index in [0.29, 0.717) is 11.5 Å². The topological polar surface area (TPSA) is 52.6 Å². The van der Waals surface area contributed by atoms with Gasteiger partial charge in [0.15, 0.2) is 0 Å². The number of aryl methyl sites for hydroxylation is 1. The zero-order chi connectivity index (χ0) is 19.1. The van der Waals surface area contributed by atoms with E-state index in [9.17, 15) is 9.59 Å². The van der Waals surface area contributed by atoms with Crippen LogP contribution in [0.4, 0.5) is 0 Å². The molecule has 1 aliphatic carbocycles. The van der Waals surface area contributed by atoms with E-state index in [2.05, 4.69) is 19.9 Å². The Morgan fingerprint density at radius 1 is 1.08 bits per heavy atom. The molecule has 0 radical (unpaired) electrons. The largest absolute Gasteiger partial charge is 0.426 e. The number of esters is 2. The van der Waals surface area contributed by atoms with Gasteiger partial charge in [0.25, 0.3) is 0 Å². The highest BCUT2D eigenvalue weighted by molar-refractivity contribution is 5.73. The molecule has 4 nitrogen and oxygen atoms in total. The van der Waals surface area contributed by atoms with E-state index in [1.165, 1.54) is 19.4 Å². The summed E-state index contributed by atoms with van der Waals surface area (Å²) in [6.45, 7) is 7.08. The van der Waals surface area contributed by atoms with Crippen molar-refractivity contribution in [2.24, 2.45) is 0 Å². The van der Waals surface area contributed by atoms with Crippen LogP contribution in [0.25, 0.3) is 0 Å². The number of hydrogen-bond donors (Lipinski definition) is 0. The van der Waals surface area contributed by atoms with Crippen molar-refractivity contribution < 1.29 is 19.1 Å². The lowest BCUT2D eigenvalue weighted by Gasteiger charge is -2.24. The van der Waals surface area contributed by atoms with Crippen LogP contribution in [0.15, 0.2) is 23.8 Å². The Balaban J connectivity index is 2.50. The van der Waals surface area contributed by atoms with E-state index in [-0.39, 0.29) is 17.9 Å². The van der Waals surface area contributed by atoms with Crippen LogP contribution in [-0.4, -0.2) is 11.9 Å². The number of rotatable bonds is 7. The Bertz CT molecular complexity index is 650. The Hall–Kier alpha value is -2.10. The third-order valence-electron chi connectivity index (χ3n) is 4.68. The minimum absolute atomic E-state index is 0.0946. The molecule has 1 aromatic rings. The molecule has 0 heterocycles. The third kappa shape index (κ3) is 5.72. The maximum Gasteiger partial charge on any atom is 0.308 e. The summed E-state index contributed by atoms with van der Waals surface area (Å²) in [7, 11) is 0. The van der Waals surface area contributed by atoms with Gasteiger partial charge >= 0.3 is 11.9 Å². The lowest BCUT2D eigenvalue weighted by Crippen LogP contribution is -2.13. The molecule has 1 aliphatic rings. The van der Waals surface area contributed by atoms with Crippen LogP contribution >= 0.6 is 0 Å². The highest BCUT2D eigenvalue weighted by Crippen LogP contribution is 2.43. The first kappa shape index (κ1) is 20.2. The average Bonchev–Trinajstić information content (AvgIpc) is 2.54. The molecule has 2 rings (SSSR count). The first-order chi connectivity index (χ1) is 12.4. The quantitative estimate of drug-likeness (QED) is 0.280. The van der Waals surface area contributed by atoms with Crippen LogP contribution in [0, 0.1) is 0 Å². The highest BCUT2D eigenvalue weighted by atomic mass is 16.5. The van der Waals surface area contributed by atoms with Gasteiger partial charge in [-0.05, 0) is 56.7 Å². The fraction of sp³-hybridized carbons (Fsp3) is 0.545. The van der Waals surface area contributed by atoms with Crippen molar-refractivity contribution in [2.75, 3.05) is 0 Å². The lowest BCUT2D eigenvalue weighted by molar-refractivity contribution is -0.132. The summed E-state index contributed by atoms with van der Waals surface area (Å²) in [5.41, 5.74) is 3.16. The van der Waals surface area contributed by atoms with Gasteiger partial charge in [0.05, 0.1) is 0 Å². The molecule has 0 N–H and O–H groups in total. The van der Waals surface area contributed by atoms with E-state index in [1.807, 2.05) is 12.1 Å². The Morgan fingerprint density at radius 3 is 2.19 bits per heavy atom. The minimum atomic E-state index is -0.359. The fourth-order valence-electron chi connectivity index (χ4n) is 3.56. The molecule has 0 aliphatic heterocycles. The van der Waals surface area contributed by atoms with Crippen LogP contribution in [-0.2, 0) is 16.0 Å². The molecule has 142 valence electrons. The van der Waals surface area contributed by atoms with Crippen LogP contribution in [0.5, 0.6) is 11.5 Å². The number of unbranched alkanes of at least 4 members (excludes halogenated alkanes) is 2. The number of hydrogen-bond acceptors (Lipinski definition) is 4. The van der Waals surface area contributed by atoms with Crippen molar-refractivity contribution in [2.45, 2.75) is 78.6 Å². The zero-order valence-electron chi connectivity index (χ0n) is 16.4. The van der Waals surface area contributed by atoms with E-state index in [0.717, 1.165) is 56.1 Å². The van der Waals surface area contributed by atoms with Crippen LogP contribution in [0.3, 0.4) is 0 Å².